The highest BCUT2D eigenvalue weighted by Crippen LogP contribution is 1.87. The van der Waals surface area contributed by atoms with Gasteiger partial charge in [-0.05, 0) is 12.1 Å². The predicted molar refractivity (Wildman–Crippen MR) is 103 cm³/mol. The molecular formula is C19H30N4O2. The lowest BCUT2D eigenvalue weighted by molar-refractivity contribution is 0.245. The zero-order valence-corrected chi connectivity index (χ0v) is 16.0. The molecule has 1 heterocycles. The highest BCUT2D eigenvalue weighted by molar-refractivity contribution is 5.72. The Kier molecular flexibility index (Phi) is 28.1. The third-order valence-corrected chi connectivity index (χ3v) is 1.90. The van der Waals surface area contributed by atoms with Crippen LogP contribution in [0.5, 0.6) is 0 Å². The summed E-state index contributed by atoms with van der Waals surface area (Å²) in [4.78, 5) is 13.7. The molecule has 0 aliphatic heterocycles. The van der Waals surface area contributed by atoms with Gasteiger partial charge in [0.15, 0.2) is 0 Å². The van der Waals surface area contributed by atoms with Crippen LogP contribution in [0.4, 0.5) is 4.79 Å². The van der Waals surface area contributed by atoms with Crippen LogP contribution in [0.1, 0.15) is 19.5 Å². The van der Waals surface area contributed by atoms with Crippen LogP contribution in [0.3, 0.4) is 0 Å². The first kappa shape index (κ1) is 27.0. The number of urea groups is 1. The largest absolute Gasteiger partial charge is 0.388 e. The van der Waals surface area contributed by atoms with E-state index >= 15 is 0 Å². The van der Waals surface area contributed by atoms with Crippen LogP contribution in [0.2, 0.25) is 0 Å². The fraction of sp³-hybridized carbons (Fsp3) is 0.316. The number of methoxy groups -OCH3 is 1. The minimum absolute atomic E-state index is 0.157. The Hall–Kier alpha value is -2.91. The van der Waals surface area contributed by atoms with Crippen LogP contribution < -0.4 is 10.6 Å². The van der Waals surface area contributed by atoms with E-state index < -0.39 is 0 Å². The van der Waals surface area contributed by atoms with Crippen LogP contribution in [0.25, 0.3) is 0 Å². The second-order valence-electron chi connectivity index (χ2n) is 3.72. The van der Waals surface area contributed by atoms with Crippen molar-refractivity contribution in [3.63, 3.8) is 0 Å². The average Bonchev–Trinajstić information content (AvgIpc) is 2.72. The van der Waals surface area contributed by atoms with E-state index in [0.29, 0.717) is 5.69 Å². The first-order valence-corrected chi connectivity index (χ1v) is 7.76. The molecule has 0 bridgehead atoms. The third kappa shape index (κ3) is 26.3. The van der Waals surface area contributed by atoms with Gasteiger partial charge < -0.3 is 15.4 Å². The maximum absolute atomic E-state index is 9.96. The smallest absolute Gasteiger partial charge is 0.314 e. The Morgan fingerprint density at radius 3 is 1.52 bits per heavy atom. The van der Waals surface area contributed by atoms with E-state index in [1.54, 1.807) is 52.7 Å². The number of ether oxygens (including phenoxy) is 1. The number of aromatic nitrogens is 1. The summed E-state index contributed by atoms with van der Waals surface area (Å²) in [6, 6.07) is 19.0. The van der Waals surface area contributed by atoms with Gasteiger partial charge in [-0.15, -0.1) is 0 Å². The maximum Gasteiger partial charge on any atom is 0.314 e. The second kappa shape index (κ2) is 26.0. The van der Waals surface area contributed by atoms with Crippen molar-refractivity contribution < 1.29 is 9.53 Å². The van der Waals surface area contributed by atoms with Crippen molar-refractivity contribution in [2.75, 3.05) is 28.3 Å². The summed E-state index contributed by atoms with van der Waals surface area (Å²) in [6.45, 7) is 4.00. The minimum Gasteiger partial charge on any atom is -0.388 e. The fourth-order valence-electron chi connectivity index (χ4n) is 0.939. The van der Waals surface area contributed by atoms with Gasteiger partial charge in [-0.1, -0.05) is 56.3 Å². The highest BCUT2D eigenvalue weighted by atomic mass is 16.4. The molecule has 25 heavy (non-hydrogen) atoms. The van der Waals surface area contributed by atoms with E-state index in [4.69, 9.17) is 5.26 Å². The third-order valence-electron chi connectivity index (χ3n) is 1.90. The lowest BCUT2D eigenvalue weighted by Gasteiger charge is -1.91. The predicted octanol–water partition coefficient (Wildman–Crippen LogP) is 3.47. The zero-order valence-electron chi connectivity index (χ0n) is 16.0. The normalized spacial score (nSPS) is 7.08. The first-order valence-electron chi connectivity index (χ1n) is 7.76. The number of pyridine rings is 1. The molecule has 0 aliphatic rings. The quantitative estimate of drug-likeness (QED) is 0.764. The minimum atomic E-state index is -0.157. The lowest BCUT2D eigenvalue weighted by atomic mass is 10.4. The first-order chi connectivity index (χ1) is 12.2. The number of rotatable bonds is 0. The van der Waals surface area contributed by atoms with E-state index in [1.807, 2.05) is 56.3 Å². The number of hydrogen-bond donors (Lipinski definition) is 2. The molecule has 0 saturated carbocycles. The molecule has 0 atom stereocenters. The van der Waals surface area contributed by atoms with Crippen molar-refractivity contribution in [2.24, 2.45) is 0 Å². The Bertz CT molecular complexity index is 481. The number of amides is 2. The molecule has 6 nitrogen and oxygen atoms in total. The van der Waals surface area contributed by atoms with E-state index in [0.717, 1.165) is 0 Å². The van der Waals surface area contributed by atoms with Crippen molar-refractivity contribution in [1.29, 1.82) is 5.26 Å². The van der Waals surface area contributed by atoms with Gasteiger partial charge in [-0.25, -0.2) is 9.78 Å². The molecule has 2 N–H and O–H groups in total. The van der Waals surface area contributed by atoms with E-state index in [9.17, 15) is 4.79 Å². The van der Waals surface area contributed by atoms with Gasteiger partial charge in [0.25, 0.3) is 0 Å². The average molecular weight is 346 g/mol. The van der Waals surface area contributed by atoms with E-state index in [-0.39, 0.29) is 6.03 Å². The number of hydrogen-bond acceptors (Lipinski definition) is 4. The van der Waals surface area contributed by atoms with Crippen LogP contribution in [0.15, 0.2) is 60.8 Å². The molecule has 0 unspecified atom stereocenters. The maximum atomic E-state index is 9.96. The van der Waals surface area contributed by atoms with Gasteiger partial charge in [0.2, 0.25) is 0 Å². The van der Waals surface area contributed by atoms with Gasteiger partial charge >= 0.3 is 6.03 Å². The molecule has 0 saturated heterocycles. The molecular weight excluding hydrogens is 316 g/mol. The Morgan fingerprint density at radius 1 is 0.960 bits per heavy atom. The van der Waals surface area contributed by atoms with Gasteiger partial charge in [0, 0.05) is 34.5 Å². The van der Waals surface area contributed by atoms with Crippen molar-refractivity contribution in [3.8, 4) is 6.07 Å². The highest BCUT2D eigenvalue weighted by Gasteiger charge is 1.82. The van der Waals surface area contributed by atoms with Crippen LogP contribution in [-0.2, 0) is 4.74 Å². The standard InChI is InChI=1S/C6H4N2.C6H6.C3H8N2O.C2H6O.C2H6/c7-5-6-3-1-2-4-8-6;1-2-4-6-5-3-1;1-4-3(6)5-2;1-3-2;1-2/h1-4H;1-6H;1-2H3,(H2,4,5,6);1-2H3;1-2H3. The van der Waals surface area contributed by atoms with Gasteiger partial charge in [0.1, 0.15) is 11.8 Å². The topological polar surface area (TPSA) is 87.0 Å². The van der Waals surface area contributed by atoms with Crippen molar-refractivity contribution in [2.45, 2.75) is 13.8 Å². The van der Waals surface area contributed by atoms with E-state index in [2.05, 4.69) is 20.4 Å². The number of carbonyl (C=O) groups excluding carboxylic acids is 1. The molecule has 0 radical (unpaired) electrons. The summed E-state index contributed by atoms with van der Waals surface area (Å²) < 4.78 is 4.25. The Labute approximate surface area is 151 Å². The van der Waals surface area contributed by atoms with Gasteiger partial charge in [0.05, 0.1) is 0 Å². The summed E-state index contributed by atoms with van der Waals surface area (Å²) in [5, 5.41) is 13.0. The van der Waals surface area contributed by atoms with Crippen LogP contribution >= 0.6 is 0 Å². The molecule has 6 heteroatoms. The summed E-state index contributed by atoms with van der Waals surface area (Å²) in [7, 11) is 6.39. The number of nitrogens with one attached hydrogen (secondary N) is 2. The van der Waals surface area contributed by atoms with Gasteiger partial charge in [-0.2, -0.15) is 5.26 Å². The molecule has 0 spiro atoms. The monoisotopic (exact) mass is 346 g/mol. The van der Waals surface area contributed by atoms with Crippen molar-refractivity contribution in [3.05, 3.63) is 66.5 Å². The molecule has 0 aliphatic carbocycles. The molecule has 1 aromatic heterocycles. The molecule has 2 rings (SSSR count). The Balaban J connectivity index is -0.000000260. The number of benzene rings is 1. The lowest BCUT2D eigenvalue weighted by Crippen LogP contribution is -2.28. The molecule has 2 amide bonds. The molecule has 0 fully saturated rings. The fourth-order valence-corrected chi connectivity index (χ4v) is 0.939. The number of carbonyl (C=O) groups is 1. The van der Waals surface area contributed by atoms with Crippen LogP contribution in [-0.4, -0.2) is 39.3 Å². The zero-order chi connectivity index (χ0) is 19.8. The van der Waals surface area contributed by atoms with Crippen LogP contribution in [0, 0.1) is 11.3 Å². The van der Waals surface area contributed by atoms with Crippen molar-refractivity contribution in [1.82, 2.24) is 15.6 Å². The molecule has 1 aromatic carbocycles. The number of nitriles is 1. The summed E-state index contributed by atoms with van der Waals surface area (Å²) in [6.07, 6.45) is 1.60. The van der Waals surface area contributed by atoms with E-state index in [1.165, 1.54) is 0 Å². The number of nitrogens with zero attached hydrogens (tertiary/aromatic N) is 2. The summed E-state index contributed by atoms with van der Waals surface area (Å²) in [5.41, 5.74) is 0.465. The SMILES string of the molecule is CC.CNC(=O)NC.COC.N#Cc1ccccn1.c1ccccc1. The second-order valence-corrected chi connectivity index (χ2v) is 3.72. The Morgan fingerprint density at radius 2 is 1.36 bits per heavy atom. The molecule has 138 valence electrons. The molecule has 2 aromatic rings. The summed E-state index contributed by atoms with van der Waals surface area (Å²) >= 11 is 0. The summed E-state index contributed by atoms with van der Waals surface area (Å²) in [5.74, 6) is 0. The van der Waals surface area contributed by atoms with Crippen molar-refractivity contribution >= 4 is 6.03 Å². The van der Waals surface area contributed by atoms with Gasteiger partial charge in [-0.3, -0.25) is 0 Å².